The third kappa shape index (κ3) is 2.50. The summed E-state index contributed by atoms with van der Waals surface area (Å²) in [5.74, 6) is -2.08. The molecule has 19 heavy (non-hydrogen) atoms. The lowest BCUT2D eigenvalue weighted by Crippen LogP contribution is -2.42. The number of hydrogen-bond acceptors (Lipinski definition) is 3. The van der Waals surface area contributed by atoms with E-state index in [1.807, 2.05) is 6.92 Å². The van der Waals surface area contributed by atoms with Crippen LogP contribution < -0.4 is 5.73 Å². The molecular weight excluding hydrogens is 274 g/mol. The Morgan fingerprint density at radius 3 is 2.63 bits per heavy atom. The minimum absolute atomic E-state index is 0.157. The minimum Gasteiger partial charge on any atom is -0.329 e. The van der Waals surface area contributed by atoms with Gasteiger partial charge >= 0.3 is 0 Å². The molecule has 2 unspecified atom stereocenters. The summed E-state index contributed by atoms with van der Waals surface area (Å²) >= 11 is 0. The zero-order valence-electron chi connectivity index (χ0n) is 10.5. The SMILES string of the molecule is CC1CCN(S(=O)(=O)c2ccc(F)c(F)c2)C1CN. The predicted octanol–water partition coefficient (Wildman–Crippen LogP) is 1.32. The van der Waals surface area contributed by atoms with Crippen molar-refractivity contribution in [2.24, 2.45) is 11.7 Å². The van der Waals surface area contributed by atoms with Crippen LogP contribution in [0.15, 0.2) is 23.1 Å². The highest BCUT2D eigenvalue weighted by Crippen LogP contribution is 2.29. The zero-order valence-corrected chi connectivity index (χ0v) is 11.3. The van der Waals surface area contributed by atoms with E-state index in [-0.39, 0.29) is 23.4 Å². The minimum atomic E-state index is -3.83. The van der Waals surface area contributed by atoms with Gasteiger partial charge in [-0.05, 0) is 30.5 Å². The molecule has 1 heterocycles. The van der Waals surface area contributed by atoms with E-state index in [0.29, 0.717) is 19.0 Å². The predicted molar refractivity (Wildman–Crippen MR) is 66.9 cm³/mol. The van der Waals surface area contributed by atoms with Gasteiger partial charge < -0.3 is 5.73 Å². The van der Waals surface area contributed by atoms with E-state index in [4.69, 9.17) is 5.73 Å². The summed E-state index contributed by atoms with van der Waals surface area (Å²) in [5.41, 5.74) is 5.60. The van der Waals surface area contributed by atoms with Crippen LogP contribution in [0.5, 0.6) is 0 Å². The fourth-order valence-corrected chi connectivity index (χ4v) is 4.15. The van der Waals surface area contributed by atoms with Gasteiger partial charge in [-0.3, -0.25) is 0 Å². The van der Waals surface area contributed by atoms with Crippen LogP contribution in [0.3, 0.4) is 0 Å². The summed E-state index contributed by atoms with van der Waals surface area (Å²) in [6.45, 7) is 2.49. The molecule has 2 N–H and O–H groups in total. The fraction of sp³-hybridized carbons (Fsp3) is 0.500. The van der Waals surface area contributed by atoms with Crippen LogP contribution in [-0.4, -0.2) is 31.9 Å². The van der Waals surface area contributed by atoms with Crippen LogP contribution in [0, 0.1) is 17.6 Å². The lowest BCUT2D eigenvalue weighted by Gasteiger charge is -2.25. The van der Waals surface area contributed by atoms with Crippen LogP contribution in [0.2, 0.25) is 0 Å². The van der Waals surface area contributed by atoms with Gasteiger partial charge in [-0.2, -0.15) is 4.31 Å². The van der Waals surface area contributed by atoms with Gasteiger partial charge in [0.2, 0.25) is 10.0 Å². The van der Waals surface area contributed by atoms with Crippen molar-refractivity contribution in [3.63, 3.8) is 0 Å². The lowest BCUT2D eigenvalue weighted by atomic mass is 10.0. The Morgan fingerprint density at radius 1 is 1.37 bits per heavy atom. The molecule has 2 rings (SSSR count). The van der Waals surface area contributed by atoms with E-state index in [2.05, 4.69) is 0 Å². The number of rotatable bonds is 3. The van der Waals surface area contributed by atoms with Gasteiger partial charge in [0, 0.05) is 19.1 Å². The zero-order chi connectivity index (χ0) is 14.2. The topological polar surface area (TPSA) is 63.4 Å². The monoisotopic (exact) mass is 290 g/mol. The molecule has 4 nitrogen and oxygen atoms in total. The Balaban J connectivity index is 2.39. The first-order chi connectivity index (χ1) is 8.87. The van der Waals surface area contributed by atoms with Crippen molar-refractivity contribution in [1.82, 2.24) is 4.31 Å². The highest BCUT2D eigenvalue weighted by Gasteiger charge is 2.38. The van der Waals surface area contributed by atoms with Crippen molar-refractivity contribution in [3.8, 4) is 0 Å². The maximum Gasteiger partial charge on any atom is 0.243 e. The standard InChI is InChI=1S/C12H16F2N2O2S/c1-8-4-5-16(12(8)7-15)19(17,18)9-2-3-10(13)11(14)6-9/h2-3,6,8,12H,4-5,7,15H2,1H3. The van der Waals surface area contributed by atoms with Gasteiger partial charge in [0.15, 0.2) is 11.6 Å². The summed E-state index contributed by atoms with van der Waals surface area (Å²) in [7, 11) is -3.83. The molecule has 106 valence electrons. The molecule has 1 aliphatic rings. The Hall–Kier alpha value is -1.05. The number of nitrogens with two attached hydrogens (primary N) is 1. The Labute approximate surface area is 111 Å². The fourth-order valence-electron chi connectivity index (χ4n) is 2.39. The largest absolute Gasteiger partial charge is 0.329 e. The van der Waals surface area contributed by atoms with Crippen LogP contribution >= 0.6 is 0 Å². The van der Waals surface area contributed by atoms with Crippen LogP contribution in [-0.2, 0) is 10.0 Å². The van der Waals surface area contributed by atoms with Gasteiger partial charge in [-0.25, -0.2) is 17.2 Å². The molecule has 0 aromatic heterocycles. The summed E-state index contributed by atoms with van der Waals surface area (Å²) in [5, 5.41) is 0. The smallest absolute Gasteiger partial charge is 0.243 e. The van der Waals surface area contributed by atoms with Crippen LogP contribution in [0.4, 0.5) is 8.78 Å². The average Bonchev–Trinajstić information content (AvgIpc) is 2.74. The molecule has 7 heteroatoms. The first kappa shape index (κ1) is 14.4. The highest BCUT2D eigenvalue weighted by atomic mass is 32.2. The Morgan fingerprint density at radius 2 is 2.05 bits per heavy atom. The van der Waals surface area contributed by atoms with Gasteiger partial charge in [0.1, 0.15) is 0 Å². The number of hydrogen-bond donors (Lipinski definition) is 1. The van der Waals surface area contributed by atoms with Crippen molar-refractivity contribution in [2.45, 2.75) is 24.3 Å². The third-order valence-electron chi connectivity index (χ3n) is 3.57. The van der Waals surface area contributed by atoms with E-state index >= 15 is 0 Å². The summed E-state index contributed by atoms with van der Waals surface area (Å²) in [4.78, 5) is -0.237. The van der Waals surface area contributed by atoms with Crippen LogP contribution in [0.25, 0.3) is 0 Å². The molecule has 1 aromatic rings. The first-order valence-corrected chi connectivity index (χ1v) is 7.49. The van der Waals surface area contributed by atoms with Gasteiger partial charge in [-0.15, -0.1) is 0 Å². The average molecular weight is 290 g/mol. The second-order valence-corrected chi connectivity index (χ2v) is 6.65. The van der Waals surface area contributed by atoms with Crippen LogP contribution in [0.1, 0.15) is 13.3 Å². The van der Waals surface area contributed by atoms with Crippen molar-refractivity contribution in [2.75, 3.05) is 13.1 Å². The molecule has 1 aromatic carbocycles. The quantitative estimate of drug-likeness (QED) is 0.913. The normalized spacial score (nSPS) is 24.8. The number of halogens is 2. The molecule has 2 atom stereocenters. The molecule has 0 spiro atoms. The molecular formula is C12H16F2N2O2S. The number of benzene rings is 1. The number of sulfonamides is 1. The molecule has 0 saturated carbocycles. The molecule has 1 aliphatic heterocycles. The van der Waals surface area contributed by atoms with Crippen molar-refractivity contribution in [3.05, 3.63) is 29.8 Å². The molecule has 1 fully saturated rings. The molecule has 0 amide bonds. The first-order valence-electron chi connectivity index (χ1n) is 6.05. The van der Waals surface area contributed by atoms with E-state index in [1.54, 1.807) is 0 Å². The molecule has 0 radical (unpaired) electrons. The lowest BCUT2D eigenvalue weighted by molar-refractivity contribution is 0.354. The van der Waals surface area contributed by atoms with Gasteiger partial charge in [0.25, 0.3) is 0 Å². The van der Waals surface area contributed by atoms with E-state index in [0.717, 1.165) is 12.1 Å². The molecule has 1 saturated heterocycles. The summed E-state index contributed by atoms with van der Waals surface area (Å²) < 4.78 is 52.1. The van der Waals surface area contributed by atoms with Crippen molar-refractivity contribution in [1.29, 1.82) is 0 Å². The van der Waals surface area contributed by atoms with E-state index in [1.165, 1.54) is 4.31 Å². The molecule has 0 aliphatic carbocycles. The third-order valence-corrected chi connectivity index (χ3v) is 5.49. The second kappa shape index (κ2) is 5.15. The van der Waals surface area contributed by atoms with E-state index < -0.39 is 21.7 Å². The maximum absolute atomic E-state index is 13.2. The highest BCUT2D eigenvalue weighted by molar-refractivity contribution is 7.89. The summed E-state index contributed by atoms with van der Waals surface area (Å²) in [6, 6.07) is 2.31. The maximum atomic E-state index is 13.2. The Bertz CT molecular complexity index is 577. The van der Waals surface area contributed by atoms with Crippen molar-refractivity contribution < 1.29 is 17.2 Å². The van der Waals surface area contributed by atoms with Gasteiger partial charge in [-0.1, -0.05) is 6.92 Å². The van der Waals surface area contributed by atoms with Crippen molar-refractivity contribution >= 4 is 10.0 Å². The van der Waals surface area contributed by atoms with E-state index in [9.17, 15) is 17.2 Å². The van der Waals surface area contributed by atoms with Gasteiger partial charge in [0.05, 0.1) is 4.90 Å². The summed E-state index contributed by atoms with van der Waals surface area (Å²) in [6.07, 6.45) is 0.713. The Kier molecular flexibility index (Phi) is 3.89. The molecule has 0 bridgehead atoms. The number of nitrogens with zero attached hydrogens (tertiary/aromatic N) is 1. The second-order valence-electron chi connectivity index (χ2n) is 4.76.